The van der Waals surface area contributed by atoms with Crippen molar-refractivity contribution in [3.8, 4) is 0 Å². The zero-order chi connectivity index (χ0) is 15.0. The van der Waals surface area contributed by atoms with E-state index in [4.69, 9.17) is 0 Å². The summed E-state index contributed by atoms with van der Waals surface area (Å²) >= 11 is 3.12. The third-order valence-electron chi connectivity index (χ3n) is 3.38. The summed E-state index contributed by atoms with van der Waals surface area (Å²) in [6.45, 7) is 1.55. The lowest BCUT2D eigenvalue weighted by molar-refractivity contribution is 0.578. The third-order valence-corrected chi connectivity index (χ3v) is 5.63. The van der Waals surface area contributed by atoms with Gasteiger partial charge in [-0.25, -0.2) is 4.68 Å². The zero-order valence-electron chi connectivity index (χ0n) is 11.3. The van der Waals surface area contributed by atoms with Gasteiger partial charge in [-0.15, -0.1) is 5.10 Å². The van der Waals surface area contributed by atoms with Gasteiger partial charge in [0.25, 0.3) is 10.0 Å². The summed E-state index contributed by atoms with van der Waals surface area (Å²) in [5.74, 6) is 0. The average Bonchev–Trinajstić information content (AvgIpc) is 2.79. The predicted molar refractivity (Wildman–Crippen MR) is 81.4 cm³/mol. The van der Waals surface area contributed by atoms with Crippen molar-refractivity contribution in [2.45, 2.75) is 18.0 Å². The van der Waals surface area contributed by atoms with Crippen molar-refractivity contribution in [3.63, 3.8) is 0 Å². The molecule has 0 bridgehead atoms. The van der Waals surface area contributed by atoms with E-state index in [1.165, 1.54) is 11.7 Å². The summed E-state index contributed by atoms with van der Waals surface area (Å²) in [5, 5.41) is 10.7. The van der Waals surface area contributed by atoms with E-state index < -0.39 is 10.0 Å². The van der Waals surface area contributed by atoms with Gasteiger partial charge in [-0.2, -0.15) is 8.42 Å². The zero-order valence-corrected chi connectivity index (χ0v) is 13.7. The fourth-order valence-corrected chi connectivity index (χ4v) is 4.60. The number of nitrogens with zero attached hydrogens (tertiary/aromatic N) is 3. The summed E-state index contributed by atoms with van der Waals surface area (Å²) in [4.78, 5) is 0. The fourth-order valence-electron chi connectivity index (χ4n) is 2.41. The van der Waals surface area contributed by atoms with Crippen LogP contribution in [-0.4, -0.2) is 30.0 Å². The van der Waals surface area contributed by atoms with Crippen LogP contribution in [-0.2, 0) is 30.0 Å². The van der Waals surface area contributed by atoms with Gasteiger partial charge in [0.15, 0.2) is 4.60 Å². The first kappa shape index (κ1) is 14.5. The molecule has 3 rings (SSSR count). The van der Waals surface area contributed by atoms with E-state index in [9.17, 15) is 8.42 Å². The third kappa shape index (κ3) is 2.68. The Labute approximate surface area is 130 Å². The summed E-state index contributed by atoms with van der Waals surface area (Å²) in [6.07, 6.45) is 0.891. The minimum absolute atomic E-state index is 0.00358. The average molecular weight is 372 g/mol. The summed E-state index contributed by atoms with van der Waals surface area (Å²) in [7, 11) is -2.22. The monoisotopic (exact) mass is 371 g/mol. The van der Waals surface area contributed by atoms with Crippen LogP contribution < -0.4 is 10.0 Å². The number of sulfonamides is 1. The van der Waals surface area contributed by atoms with Crippen molar-refractivity contribution < 1.29 is 8.42 Å². The van der Waals surface area contributed by atoms with E-state index >= 15 is 0 Å². The highest BCUT2D eigenvalue weighted by Crippen LogP contribution is 2.27. The molecular weight excluding hydrogens is 358 g/mol. The van der Waals surface area contributed by atoms with E-state index in [1.807, 2.05) is 12.1 Å². The number of hydrogen-bond acceptors (Lipinski definition) is 5. The van der Waals surface area contributed by atoms with Crippen LogP contribution >= 0.6 is 15.9 Å². The second kappa shape index (κ2) is 5.39. The largest absolute Gasteiger partial charge is 0.312 e. The second-order valence-electron chi connectivity index (χ2n) is 4.78. The molecule has 0 saturated carbocycles. The number of anilines is 1. The first-order valence-corrected chi connectivity index (χ1v) is 8.66. The Balaban J connectivity index is 2.01. The number of aryl methyl sites for hydroxylation is 1. The van der Waals surface area contributed by atoms with E-state index in [0.717, 1.165) is 24.1 Å². The Morgan fingerprint density at radius 1 is 1.43 bits per heavy atom. The van der Waals surface area contributed by atoms with Crippen molar-refractivity contribution in [2.24, 2.45) is 7.05 Å². The molecule has 1 aliphatic heterocycles. The van der Waals surface area contributed by atoms with Crippen LogP contribution in [0.3, 0.4) is 0 Å². The number of nitrogens with one attached hydrogen (secondary N) is 2. The quantitative estimate of drug-likeness (QED) is 0.840. The van der Waals surface area contributed by atoms with Crippen LogP contribution in [0.15, 0.2) is 27.8 Å². The molecule has 2 aromatic rings. The number of aromatic nitrogens is 3. The molecule has 112 valence electrons. The lowest BCUT2D eigenvalue weighted by Gasteiger charge is -2.21. The summed E-state index contributed by atoms with van der Waals surface area (Å²) in [5.41, 5.74) is 2.74. The number of halogens is 1. The maximum atomic E-state index is 12.5. The predicted octanol–water partition coefficient (Wildman–Crippen LogP) is 1.02. The van der Waals surface area contributed by atoms with Gasteiger partial charge >= 0.3 is 0 Å². The van der Waals surface area contributed by atoms with Gasteiger partial charge in [-0.3, -0.25) is 4.72 Å². The van der Waals surface area contributed by atoms with Crippen molar-refractivity contribution in [2.75, 3.05) is 11.3 Å². The summed E-state index contributed by atoms with van der Waals surface area (Å²) < 4.78 is 29.1. The standard InChI is InChI=1S/C12H14BrN5O2S/c1-18-12(11(13)15-17-18)21(19,20)16-10-4-2-3-8-5-6-14-7-9(8)10/h2-4,14,16H,5-7H2,1H3. The number of hydrogen-bond donors (Lipinski definition) is 2. The second-order valence-corrected chi connectivity index (χ2v) is 7.13. The minimum Gasteiger partial charge on any atom is -0.312 e. The molecule has 0 atom stereocenters. The highest BCUT2D eigenvalue weighted by Gasteiger charge is 2.25. The SMILES string of the molecule is Cn1nnc(Br)c1S(=O)(=O)Nc1cccc2c1CNCC2. The molecule has 2 heterocycles. The Kier molecular flexibility index (Phi) is 3.72. The molecule has 0 spiro atoms. The molecule has 0 unspecified atom stereocenters. The van der Waals surface area contributed by atoms with Crippen LogP contribution in [0.1, 0.15) is 11.1 Å². The van der Waals surface area contributed by atoms with Gasteiger partial charge in [0.05, 0.1) is 5.69 Å². The molecule has 9 heteroatoms. The molecule has 1 aromatic heterocycles. The number of fused-ring (bicyclic) bond motifs is 1. The molecule has 0 amide bonds. The lowest BCUT2D eigenvalue weighted by Crippen LogP contribution is -2.26. The van der Waals surface area contributed by atoms with Gasteiger partial charge in [0.1, 0.15) is 0 Å². The van der Waals surface area contributed by atoms with Crippen molar-refractivity contribution in [1.82, 2.24) is 20.3 Å². The van der Waals surface area contributed by atoms with Crippen LogP contribution in [0.4, 0.5) is 5.69 Å². The van der Waals surface area contributed by atoms with Gasteiger partial charge in [-0.05, 0) is 46.1 Å². The van der Waals surface area contributed by atoms with E-state index in [-0.39, 0.29) is 9.63 Å². The van der Waals surface area contributed by atoms with Crippen molar-refractivity contribution in [1.29, 1.82) is 0 Å². The van der Waals surface area contributed by atoms with E-state index in [0.29, 0.717) is 12.2 Å². The molecule has 0 fully saturated rings. The topological polar surface area (TPSA) is 88.9 Å². The number of rotatable bonds is 3. The fraction of sp³-hybridized carbons (Fsp3) is 0.333. The molecule has 2 N–H and O–H groups in total. The molecule has 1 aliphatic rings. The van der Waals surface area contributed by atoms with Crippen molar-refractivity contribution >= 4 is 31.6 Å². The molecule has 0 radical (unpaired) electrons. The highest BCUT2D eigenvalue weighted by atomic mass is 79.9. The maximum absolute atomic E-state index is 12.5. The maximum Gasteiger partial charge on any atom is 0.281 e. The normalized spacial score (nSPS) is 14.8. The van der Waals surface area contributed by atoms with Crippen LogP contribution in [0.25, 0.3) is 0 Å². The molecule has 7 nitrogen and oxygen atoms in total. The highest BCUT2D eigenvalue weighted by molar-refractivity contribution is 9.10. The van der Waals surface area contributed by atoms with E-state index in [2.05, 4.69) is 36.3 Å². The lowest BCUT2D eigenvalue weighted by atomic mass is 10.00. The first-order valence-electron chi connectivity index (χ1n) is 6.38. The van der Waals surface area contributed by atoms with E-state index in [1.54, 1.807) is 6.07 Å². The molecule has 0 aliphatic carbocycles. The summed E-state index contributed by atoms with van der Waals surface area (Å²) in [6, 6.07) is 5.65. The van der Waals surface area contributed by atoms with Crippen molar-refractivity contribution in [3.05, 3.63) is 33.9 Å². The smallest absolute Gasteiger partial charge is 0.281 e. The van der Waals surface area contributed by atoms with Gasteiger partial charge in [0, 0.05) is 13.6 Å². The minimum atomic E-state index is -3.75. The van der Waals surface area contributed by atoms with Crippen LogP contribution in [0, 0.1) is 0 Å². The molecule has 21 heavy (non-hydrogen) atoms. The number of benzene rings is 1. The van der Waals surface area contributed by atoms with Gasteiger partial charge in [0.2, 0.25) is 5.03 Å². The molecular formula is C12H14BrN5O2S. The Morgan fingerprint density at radius 2 is 2.24 bits per heavy atom. The van der Waals surface area contributed by atoms with Crippen LogP contribution in [0.5, 0.6) is 0 Å². The van der Waals surface area contributed by atoms with Gasteiger partial charge < -0.3 is 5.32 Å². The van der Waals surface area contributed by atoms with Gasteiger partial charge in [-0.1, -0.05) is 17.3 Å². The molecule has 0 saturated heterocycles. The first-order chi connectivity index (χ1) is 9.99. The Hall–Kier alpha value is -1.45. The molecule has 1 aromatic carbocycles. The Bertz CT molecular complexity index is 767. The van der Waals surface area contributed by atoms with Crippen LogP contribution in [0.2, 0.25) is 0 Å². The Morgan fingerprint density at radius 3 is 2.95 bits per heavy atom.